The second-order valence-electron chi connectivity index (χ2n) is 8.06. The molecule has 0 aromatic heterocycles. The molecule has 6 nitrogen and oxygen atoms in total. The van der Waals surface area contributed by atoms with Crippen molar-refractivity contribution < 1.29 is 14.3 Å². The topological polar surface area (TPSA) is 62.8 Å². The molecule has 1 saturated carbocycles. The zero-order chi connectivity index (χ0) is 18.7. The molecule has 0 spiro atoms. The van der Waals surface area contributed by atoms with Crippen LogP contribution in [0, 0.1) is 0 Å². The van der Waals surface area contributed by atoms with E-state index in [1.807, 2.05) is 13.1 Å². The lowest BCUT2D eigenvalue weighted by molar-refractivity contribution is -0.124. The third kappa shape index (κ3) is 4.56. The van der Waals surface area contributed by atoms with Crippen molar-refractivity contribution in [3.8, 4) is 11.5 Å². The molecule has 1 saturated heterocycles. The molecular weight excluding hydrogens is 378 g/mol. The van der Waals surface area contributed by atoms with Crippen molar-refractivity contribution in [2.75, 3.05) is 39.9 Å². The molecule has 1 atom stereocenters. The van der Waals surface area contributed by atoms with Crippen molar-refractivity contribution in [1.29, 1.82) is 0 Å². The predicted molar refractivity (Wildman–Crippen MR) is 111 cm³/mol. The van der Waals surface area contributed by atoms with Crippen LogP contribution in [-0.2, 0) is 10.3 Å². The van der Waals surface area contributed by atoms with E-state index in [0.29, 0.717) is 25.8 Å². The van der Waals surface area contributed by atoms with Gasteiger partial charge < -0.3 is 20.1 Å². The number of carbonyl (C=O) groups is 1. The molecule has 1 aliphatic carbocycles. The van der Waals surface area contributed by atoms with E-state index in [1.165, 1.54) is 6.42 Å². The van der Waals surface area contributed by atoms with Gasteiger partial charge in [-0.3, -0.25) is 9.69 Å². The van der Waals surface area contributed by atoms with Crippen molar-refractivity contribution >= 4 is 18.3 Å². The van der Waals surface area contributed by atoms with E-state index in [4.69, 9.17) is 9.47 Å². The number of ether oxygens (including phenoxy) is 2. The Kier molecular flexibility index (Phi) is 7.07. The van der Waals surface area contributed by atoms with Gasteiger partial charge in [-0.2, -0.15) is 0 Å². The Balaban J connectivity index is 0.00000225. The highest BCUT2D eigenvalue weighted by atomic mass is 35.5. The molecule has 2 fully saturated rings. The van der Waals surface area contributed by atoms with Crippen LogP contribution in [0.5, 0.6) is 11.5 Å². The highest BCUT2D eigenvalue weighted by Crippen LogP contribution is 2.42. The number of halogens is 1. The minimum atomic E-state index is -0.273. The summed E-state index contributed by atoms with van der Waals surface area (Å²) in [6.45, 7) is 3.60. The Morgan fingerprint density at radius 2 is 1.93 bits per heavy atom. The van der Waals surface area contributed by atoms with E-state index < -0.39 is 0 Å². The van der Waals surface area contributed by atoms with Crippen LogP contribution in [0.2, 0.25) is 0 Å². The van der Waals surface area contributed by atoms with E-state index in [9.17, 15) is 4.79 Å². The van der Waals surface area contributed by atoms with Gasteiger partial charge in [0.15, 0.2) is 11.5 Å². The fourth-order valence-electron chi connectivity index (χ4n) is 4.75. The van der Waals surface area contributed by atoms with Crippen LogP contribution in [0.4, 0.5) is 0 Å². The predicted octanol–water partition coefficient (Wildman–Crippen LogP) is 2.45. The third-order valence-corrected chi connectivity index (χ3v) is 6.21. The maximum atomic E-state index is 12.9. The maximum absolute atomic E-state index is 12.9. The number of likely N-dealkylation sites (tertiary alicyclic amines) is 1. The number of fused-ring (bicyclic) bond motifs is 1. The minimum Gasteiger partial charge on any atom is -0.486 e. The summed E-state index contributed by atoms with van der Waals surface area (Å²) in [6, 6.07) is 6.64. The highest BCUT2D eigenvalue weighted by Gasteiger charge is 2.38. The lowest BCUT2D eigenvalue weighted by Gasteiger charge is -2.35. The number of nitrogens with zero attached hydrogens (tertiary/aromatic N) is 1. The van der Waals surface area contributed by atoms with E-state index in [0.717, 1.165) is 62.3 Å². The van der Waals surface area contributed by atoms with Crippen LogP contribution in [0.1, 0.15) is 44.1 Å². The summed E-state index contributed by atoms with van der Waals surface area (Å²) in [4.78, 5) is 15.2. The van der Waals surface area contributed by atoms with Gasteiger partial charge >= 0.3 is 0 Å². The standard InChI is InChI=1S/C21H31N3O3.ClH/c1-22-17-5-4-10-24(14-17)15-20(25)23-21(8-2-3-9-21)16-6-7-18-19(13-16)27-12-11-26-18;/h6-7,13,17,22H,2-5,8-12,14-15H2,1H3,(H,23,25);1H. The number of hydrogen-bond donors (Lipinski definition) is 2. The highest BCUT2D eigenvalue weighted by molar-refractivity contribution is 5.85. The number of carbonyl (C=O) groups excluding carboxylic acids is 1. The normalized spacial score (nSPS) is 23.7. The molecule has 0 bridgehead atoms. The molecule has 28 heavy (non-hydrogen) atoms. The number of amides is 1. The monoisotopic (exact) mass is 409 g/mol. The zero-order valence-corrected chi connectivity index (χ0v) is 17.5. The molecular formula is C21H32ClN3O3. The van der Waals surface area contributed by atoms with E-state index in [1.54, 1.807) is 0 Å². The summed E-state index contributed by atoms with van der Waals surface area (Å²) in [5.41, 5.74) is 0.870. The van der Waals surface area contributed by atoms with Crippen LogP contribution in [0.15, 0.2) is 18.2 Å². The molecule has 3 aliphatic rings. The van der Waals surface area contributed by atoms with Crippen molar-refractivity contribution in [2.24, 2.45) is 0 Å². The van der Waals surface area contributed by atoms with Gasteiger partial charge in [-0.15, -0.1) is 12.4 Å². The van der Waals surface area contributed by atoms with Crippen LogP contribution < -0.4 is 20.1 Å². The number of rotatable bonds is 5. The SMILES string of the molecule is CNC1CCCN(CC(=O)NC2(c3ccc4c(c3)OCCO4)CCCC2)C1.Cl. The first kappa shape index (κ1) is 21.2. The molecule has 1 aromatic rings. The molecule has 7 heteroatoms. The van der Waals surface area contributed by atoms with E-state index in [-0.39, 0.29) is 23.9 Å². The van der Waals surface area contributed by atoms with Crippen molar-refractivity contribution in [2.45, 2.75) is 50.1 Å². The fourth-order valence-corrected chi connectivity index (χ4v) is 4.75. The Bertz CT molecular complexity index is 679. The summed E-state index contributed by atoms with van der Waals surface area (Å²) in [7, 11) is 2.00. The second kappa shape index (κ2) is 9.33. The first-order valence-corrected chi connectivity index (χ1v) is 10.3. The largest absolute Gasteiger partial charge is 0.486 e. The Morgan fingerprint density at radius 1 is 1.18 bits per heavy atom. The number of hydrogen-bond acceptors (Lipinski definition) is 5. The van der Waals surface area contributed by atoms with Gasteiger partial charge in [-0.05, 0) is 57.0 Å². The summed E-state index contributed by atoms with van der Waals surface area (Å²) >= 11 is 0. The van der Waals surface area contributed by atoms with Gasteiger partial charge in [0.05, 0.1) is 12.1 Å². The summed E-state index contributed by atoms with van der Waals surface area (Å²) in [5.74, 6) is 1.73. The molecule has 0 radical (unpaired) electrons. The summed E-state index contributed by atoms with van der Waals surface area (Å²) in [5, 5.41) is 6.74. The number of likely N-dealkylation sites (N-methyl/N-ethyl adjacent to an activating group) is 1. The Hall–Kier alpha value is -1.50. The average molecular weight is 410 g/mol. The molecule has 2 aliphatic heterocycles. The van der Waals surface area contributed by atoms with Crippen LogP contribution >= 0.6 is 12.4 Å². The molecule has 1 unspecified atom stereocenters. The second-order valence-corrected chi connectivity index (χ2v) is 8.06. The first-order valence-electron chi connectivity index (χ1n) is 10.3. The Labute approximate surface area is 173 Å². The summed E-state index contributed by atoms with van der Waals surface area (Å²) < 4.78 is 11.4. The van der Waals surface area contributed by atoms with Crippen molar-refractivity contribution in [3.05, 3.63) is 23.8 Å². The van der Waals surface area contributed by atoms with Gasteiger partial charge in [-0.1, -0.05) is 18.9 Å². The van der Waals surface area contributed by atoms with Gasteiger partial charge in [0.1, 0.15) is 13.2 Å². The number of piperidine rings is 1. The van der Waals surface area contributed by atoms with Crippen molar-refractivity contribution in [1.82, 2.24) is 15.5 Å². The van der Waals surface area contributed by atoms with E-state index >= 15 is 0 Å². The third-order valence-electron chi connectivity index (χ3n) is 6.21. The fraction of sp³-hybridized carbons (Fsp3) is 0.667. The molecule has 2 heterocycles. The molecule has 1 aromatic carbocycles. The lowest BCUT2D eigenvalue weighted by Crippen LogP contribution is -2.51. The molecule has 2 N–H and O–H groups in total. The van der Waals surface area contributed by atoms with Gasteiger partial charge in [0.2, 0.25) is 5.91 Å². The molecule has 4 rings (SSSR count). The Morgan fingerprint density at radius 3 is 2.68 bits per heavy atom. The average Bonchev–Trinajstić information content (AvgIpc) is 3.17. The van der Waals surface area contributed by atoms with Crippen LogP contribution in [-0.4, -0.2) is 56.7 Å². The van der Waals surface area contributed by atoms with Gasteiger partial charge in [0, 0.05) is 12.6 Å². The number of nitrogens with one attached hydrogen (secondary N) is 2. The van der Waals surface area contributed by atoms with E-state index in [2.05, 4.69) is 27.7 Å². The van der Waals surface area contributed by atoms with Crippen molar-refractivity contribution in [3.63, 3.8) is 0 Å². The zero-order valence-electron chi connectivity index (χ0n) is 16.7. The van der Waals surface area contributed by atoms with Gasteiger partial charge in [0.25, 0.3) is 0 Å². The quantitative estimate of drug-likeness (QED) is 0.782. The van der Waals surface area contributed by atoms with Crippen LogP contribution in [0.25, 0.3) is 0 Å². The van der Waals surface area contributed by atoms with Crippen LogP contribution in [0.3, 0.4) is 0 Å². The number of benzene rings is 1. The molecule has 156 valence electrons. The van der Waals surface area contributed by atoms with Gasteiger partial charge in [-0.25, -0.2) is 0 Å². The molecule has 1 amide bonds. The lowest BCUT2D eigenvalue weighted by atomic mass is 9.87. The minimum absolute atomic E-state index is 0. The maximum Gasteiger partial charge on any atom is 0.234 e. The first-order chi connectivity index (χ1) is 13.2. The summed E-state index contributed by atoms with van der Waals surface area (Å²) in [6.07, 6.45) is 6.58. The smallest absolute Gasteiger partial charge is 0.234 e.